The van der Waals surface area contributed by atoms with Gasteiger partial charge in [0.15, 0.2) is 0 Å². The van der Waals surface area contributed by atoms with Crippen molar-refractivity contribution < 1.29 is 9.53 Å². The topological polar surface area (TPSA) is 52.3 Å². The van der Waals surface area contributed by atoms with Gasteiger partial charge in [0.2, 0.25) is 0 Å². The minimum absolute atomic E-state index is 0.127. The Labute approximate surface area is 120 Å². The highest BCUT2D eigenvalue weighted by atomic mass is 16.5. The second-order valence-corrected chi connectivity index (χ2v) is 6.46. The maximum Gasteiger partial charge on any atom is 0.313 e. The molecule has 0 saturated heterocycles. The average Bonchev–Trinajstić information content (AvgIpc) is 3.06. The van der Waals surface area contributed by atoms with E-state index in [1.54, 1.807) is 0 Å². The van der Waals surface area contributed by atoms with Crippen LogP contribution in [0.1, 0.15) is 44.1 Å². The van der Waals surface area contributed by atoms with Crippen molar-refractivity contribution in [2.24, 2.45) is 17.8 Å². The molecule has 2 fully saturated rings. The molecule has 2 bridgehead atoms. The van der Waals surface area contributed by atoms with Crippen LogP contribution in [0.25, 0.3) is 0 Å². The van der Waals surface area contributed by atoms with Gasteiger partial charge in [-0.3, -0.25) is 4.79 Å². The highest BCUT2D eigenvalue weighted by Crippen LogP contribution is 2.48. The largest absolute Gasteiger partial charge is 0.465 e. The average molecular weight is 273 g/mol. The van der Waals surface area contributed by atoms with Gasteiger partial charge in [0, 0.05) is 5.69 Å². The molecule has 1 aromatic carbocycles. The van der Waals surface area contributed by atoms with Gasteiger partial charge in [-0.25, -0.2) is 0 Å². The third-order valence-corrected chi connectivity index (χ3v) is 5.09. The second kappa shape index (κ2) is 5.47. The first-order valence-electron chi connectivity index (χ1n) is 7.65. The van der Waals surface area contributed by atoms with Crippen LogP contribution in [0.4, 0.5) is 5.69 Å². The van der Waals surface area contributed by atoms with E-state index in [-0.39, 0.29) is 11.9 Å². The summed E-state index contributed by atoms with van der Waals surface area (Å²) in [5.41, 5.74) is 7.38. The van der Waals surface area contributed by atoms with Gasteiger partial charge < -0.3 is 10.5 Å². The van der Waals surface area contributed by atoms with E-state index in [4.69, 9.17) is 10.5 Å². The van der Waals surface area contributed by atoms with Gasteiger partial charge in [-0.1, -0.05) is 18.6 Å². The summed E-state index contributed by atoms with van der Waals surface area (Å²) in [5, 5.41) is 0. The number of esters is 1. The van der Waals surface area contributed by atoms with Crippen LogP contribution in [0.3, 0.4) is 0 Å². The van der Waals surface area contributed by atoms with Crippen molar-refractivity contribution in [3.8, 4) is 0 Å². The quantitative estimate of drug-likeness (QED) is 0.676. The maximum absolute atomic E-state index is 12.2. The molecule has 2 aliphatic carbocycles. The second-order valence-electron chi connectivity index (χ2n) is 6.46. The van der Waals surface area contributed by atoms with Crippen molar-refractivity contribution >= 4 is 11.7 Å². The van der Waals surface area contributed by atoms with Gasteiger partial charge in [-0.15, -0.1) is 0 Å². The Morgan fingerprint density at radius 1 is 1.40 bits per heavy atom. The molecule has 2 aliphatic rings. The zero-order chi connectivity index (χ0) is 14.1. The Hall–Kier alpha value is -1.51. The van der Waals surface area contributed by atoms with Gasteiger partial charge >= 0.3 is 5.97 Å². The normalized spacial score (nSPS) is 29.4. The van der Waals surface area contributed by atoms with E-state index in [0.717, 1.165) is 17.4 Å². The van der Waals surface area contributed by atoms with Gasteiger partial charge in [0.1, 0.15) is 0 Å². The lowest BCUT2D eigenvalue weighted by Crippen LogP contribution is -2.21. The van der Waals surface area contributed by atoms with Crippen molar-refractivity contribution in [1.29, 1.82) is 0 Å². The first kappa shape index (κ1) is 13.5. The summed E-state index contributed by atoms with van der Waals surface area (Å²) >= 11 is 0. The Bertz CT molecular complexity index is 500. The summed E-state index contributed by atoms with van der Waals surface area (Å²) < 4.78 is 5.55. The van der Waals surface area contributed by atoms with E-state index in [0.29, 0.717) is 18.2 Å². The zero-order valence-corrected chi connectivity index (χ0v) is 12.0. The fourth-order valence-corrected chi connectivity index (χ4v) is 3.86. The van der Waals surface area contributed by atoms with Crippen LogP contribution >= 0.6 is 0 Å². The van der Waals surface area contributed by atoms with Crippen LogP contribution in [-0.4, -0.2) is 12.6 Å². The van der Waals surface area contributed by atoms with Crippen molar-refractivity contribution in [2.75, 3.05) is 12.3 Å². The number of nitrogen functional groups attached to an aromatic ring is 1. The van der Waals surface area contributed by atoms with Crippen LogP contribution in [0.2, 0.25) is 0 Å². The molecule has 108 valence electrons. The molecular weight excluding hydrogens is 250 g/mol. The van der Waals surface area contributed by atoms with Gasteiger partial charge in [-0.2, -0.15) is 0 Å². The number of carbonyl (C=O) groups is 1. The van der Waals surface area contributed by atoms with Crippen LogP contribution in [-0.2, 0) is 9.53 Å². The molecule has 3 nitrogen and oxygen atoms in total. The molecule has 0 radical (unpaired) electrons. The number of fused-ring (bicyclic) bond motifs is 2. The first-order chi connectivity index (χ1) is 9.63. The lowest BCUT2D eigenvalue weighted by molar-refractivity contribution is -0.147. The third-order valence-electron chi connectivity index (χ3n) is 5.09. The molecule has 4 unspecified atom stereocenters. The Morgan fingerprint density at radius 3 is 2.90 bits per heavy atom. The van der Waals surface area contributed by atoms with Crippen LogP contribution in [0, 0.1) is 17.8 Å². The van der Waals surface area contributed by atoms with E-state index < -0.39 is 0 Å². The Balaban J connectivity index is 1.54. The van der Waals surface area contributed by atoms with Crippen LogP contribution < -0.4 is 5.73 Å². The molecular formula is C17H23NO2. The lowest BCUT2D eigenvalue weighted by atomic mass is 9.89. The number of nitrogens with two attached hydrogens (primary N) is 1. The van der Waals surface area contributed by atoms with Crippen molar-refractivity contribution in [2.45, 2.75) is 38.5 Å². The molecule has 0 heterocycles. The fourth-order valence-electron chi connectivity index (χ4n) is 3.86. The molecule has 3 rings (SSSR count). The van der Waals surface area contributed by atoms with Crippen molar-refractivity contribution in [1.82, 2.24) is 0 Å². The van der Waals surface area contributed by atoms with E-state index in [2.05, 4.69) is 0 Å². The molecule has 0 aromatic heterocycles. The fraction of sp³-hybridized carbons (Fsp3) is 0.588. The Morgan fingerprint density at radius 2 is 2.25 bits per heavy atom. The predicted octanol–water partition coefficient (Wildman–Crippen LogP) is 3.35. The standard InChI is InChI=1S/C17H23NO2/c1-11(13-3-2-4-16(18)9-13)17(19)20-10-15-8-12-5-6-14(15)7-12/h2-4,9,11-12,14-15H,5-8,10,18H2,1H3. The van der Waals surface area contributed by atoms with E-state index in [1.165, 1.54) is 25.7 Å². The molecule has 0 aliphatic heterocycles. The molecule has 3 heteroatoms. The predicted molar refractivity (Wildman–Crippen MR) is 79.2 cm³/mol. The molecule has 2 N–H and O–H groups in total. The number of hydrogen-bond acceptors (Lipinski definition) is 3. The molecule has 4 atom stereocenters. The van der Waals surface area contributed by atoms with Gasteiger partial charge in [0.25, 0.3) is 0 Å². The van der Waals surface area contributed by atoms with E-state index in [1.807, 2.05) is 31.2 Å². The highest BCUT2D eigenvalue weighted by Gasteiger charge is 2.40. The number of ether oxygens (including phenoxy) is 1. The minimum Gasteiger partial charge on any atom is -0.465 e. The summed E-state index contributed by atoms with van der Waals surface area (Å²) in [6.07, 6.45) is 5.32. The summed E-state index contributed by atoms with van der Waals surface area (Å²) in [4.78, 5) is 12.2. The first-order valence-corrected chi connectivity index (χ1v) is 7.65. The summed E-state index contributed by atoms with van der Waals surface area (Å²) in [7, 11) is 0. The smallest absolute Gasteiger partial charge is 0.313 e. The lowest BCUT2D eigenvalue weighted by Gasteiger charge is -2.22. The zero-order valence-electron chi connectivity index (χ0n) is 12.0. The molecule has 0 spiro atoms. The Kier molecular flexibility index (Phi) is 3.68. The number of anilines is 1. The van der Waals surface area contributed by atoms with Crippen LogP contribution in [0.5, 0.6) is 0 Å². The monoisotopic (exact) mass is 273 g/mol. The highest BCUT2D eigenvalue weighted by molar-refractivity contribution is 5.78. The van der Waals surface area contributed by atoms with Gasteiger partial charge in [-0.05, 0) is 61.6 Å². The van der Waals surface area contributed by atoms with Crippen molar-refractivity contribution in [3.05, 3.63) is 29.8 Å². The SMILES string of the molecule is CC(C(=O)OCC1CC2CCC1C2)c1cccc(N)c1. The summed E-state index contributed by atoms with van der Waals surface area (Å²) in [5.74, 6) is 1.94. The summed E-state index contributed by atoms with van der Waals surface area (Å²) in [6.45, 7) is 2.49. The molecule has 1 aromatic rings. The third kappa shape index (κ3) is 2.67. The maximum atomic E-state index is 12.2. The van der Waals surface area contributed by atoms with E-state index >= 15 is 0 Å². The number of rotatable bonds is 4. The minimum atomic E-state index is -0.239. The van der Waals surface area contributed by atoms with Gasteiger partial charge in [0.05, 0.1) is 12.5 Å². The molecule has 20 heavy (non-hydrogen) atoms. The van der Waals surface area contributed by atoms with E-state index in [9.17, 15) is 4.79 Å². The molecule has 0 amide bonds. The number of hydrogen-bond donors (Lipinski definition) is 1. The number of carbonyl (C=O) groups excluding carboxylic acids is 1. The number of benzene rings is 1. The van der Waals surface area contributed by atoms with Crippen molar-refractivity contribution in [3.63, 3.8) is 0 Å². The summed E-state index contributed by atoms with van der Waals surface area (Å²) in [6, 6.07) is 7.49. The van der Waals surface area contributed by atoms with Crippen LogP contribution in [0.15, 0.2) is 24.3 Å². The molecule has 2 saturated carbocycles.